The van der Waals surface area contributed by atoms with Gasteiger partial charge in [0, 0.05) is 19.2 Å². The number of aryl methyl sites for hydroxylation is 2. The third-order valence-corrected chi connectivity index (χ3v) is 4.46. The number of nitrogens with zero attached hydrogens (tertiary/aromatic N) is 1. The molecule has 6 nitrogen and oxygen atoms in total. The van der Waals surface area contributed by atoms with Crippen LogP contribution < -0.4 is 5.32 Å². The van der Waals surface area contributed by atoms with Crippen molar-refractivity contribution < 1.29 is 19.1 Å². The topological polar surface area (TPSA) is 75.7 Å². The maximum Gasteiger partial charge on any atom is 0.326 e. The van der Waals surface area contributed by atoms with Crippen LogP contribution in [0.15, 0.2) is 48.5 Å². The maximum absolute atomic E-state index is 12.4. The molecule has 0 aromatic heterocycles. The summed E-state index contributed by atoms with van der Waals surface area (Å²) in [6, 6.07) is 14.9. The van der Waals surface area contributed by atoms with Gasteiger partial charge < -0.3 is 15.0 Å². The molecule has 1 unspecified atom stereocenters. The second-order valence-electron chi connectivity index (χ2n) is 6.79. The van der Waals surface area contributed by atoms with Crippen LogP contribution in [0.5, 0.6) is 0 Å². The molecule has 0 aliphatic rings. The van der Waals surface area contributed by atoms with Gasteiger partial charge in [0.2, 0.25) is 0 Å². The van der Waals surface area contributed by atoms with E-state index in [0.717, 1.165) is 16.7 Å². The molecule has 2 amide bonds. The fourth-order valence-electron chi connectivity index (χ4n) is 2.67. The third kappa shape index (κ3) is 5.94. The van der Waals surface area contributed by atoms with Crippen LogP contribution in [0.2, 0.25) is 0 Å². The Morgan fingerprint density at radius 1 is 1.04 bits per heavy atom. The van der Waals surface area contributed by atoms with E-state index in [-0.39, 0.29) is 18.4 Å². The molecule has 0 aliphatic carbocycles. The number of carbonyl (C=O) groups excluding carboxylic acids is 3. The van der Waals surface area contributed by atoms with Crippen molar-refractivity contribution in [3.05, 3.63) is 70.8 Å². The van der Waals surface area contributed by atoms with Gasteiger partial charge in [-0.15, -0.1) is 0 Å². The molecule has 2 aromatic carbocycles. The summed E-state index contributed by atoms with van der Waals surface area (Å²) in [6.45, 7) is 5.52. The summed E-state index contributed by atoms with van der Waals surface area (Å²) in [5.41, 5.74) is 3.54. The lowest BCUT2D eigenvalue weighted by molar-refractivity contribution is -0.157. The van der Waals surface area contributed by atoms with E-state index in [0.29, 0.717) is 12.1 Å². The van der Waals surface area contributed by atoms with E-state index < -0.39 is 12.1 Å². The van der Waals surface area contributed by atoms with Crippen molar-refractivity contribution in [2.45, 2.75) is 33.4 Å². The number of hydrogen-bond acceptors (Lipinski definition) is 4. The summed E-state index contributed by atoms with van der Waals surface area (Å²) < 4.78 is 5.16. The molecular formula is C22H26N2O4. The summed E-state index contributed by atoms with van der Waals surface area (Å²) in [5, 5.41) is 2.52. The highest BCUT2D eigenvalue weighted by atomic mass is 16.5. The van der Waals surface area contributed by atoms with E-state index in [4.69, 9.17) is 4.74 Å². The van der Waals surface area contributed by atoms with Crippen LogP contribution in [-0.2, 0) is 20.9 Å². The summed E-state index contributed by atoms with van der Waals surface area (Å²) in [6.07, 6.45) is -0.931. The highest BCUT2D eigenvalue weighted by Gasteiger charge is 2.22. The molecule has 1 atom stereocenters. The first-order valence-corrected chi connectivity index (χ1v) is 9.11. The molecule has 0 fully saturated rings. The lowest BCUT2D eigenvalue weighted by atomic mass is 10.1. The zero-order valence-corrected chi connectivity index (χ0v) is 16.7. The first-order chi connectivity index (χ1) is 13.3. The molecule has 0 radical (unpaired) electrons. The molecule has 0 heterocycles. The van der Waals surface area contributed by atoms with Crippen molar-refractivity contribution in [1.29, 1.82) is 0 Å². The third-order valence-electron chi connectivity index (χ3n) is 4.46. The normalized spacial score (nSPS) is 11.4. The highest BCUT2D eigenvalue weighted by molar-refractivity contribution is 5.96. The standard InChI is InChI=1S/C22H26N2O4/c1-15-10-11-19(12-16(15)2)21(26)23-13-20(25)28-17(3)22(27)24(4)14-18-8-6-5-7-9-18/h5-12,17H,13-14H2,1-4H3,(H,23,26). The number of likely N-dealkylation sites (N-methyl/N-ethyl adjacent to an activating group) is 1. The largest absolute Gasteiger partial charge is 0.451 e. The van der Waals surface area contributed by atoms with Crippen molar-refractivity contribution in [2.75, 3.05) is 13.6 Å². The van der Waals surface area contributed by atoms with Crippen LogP contribution in [0, 0.1) is 13.8 Å². The van der Waals surface area contributed by atoms with Crippen molar-refractivity contribution in [1.82, 2.24) is 10.2 Å². The highest BCUT2D eigenvalue weighted by Crippen LogP contribution is 2.10. The SMILES string of the molecule is Cc1ccc(C(=O)NCC(=O)OC(C)C(=O)N(C)Cc2ccccc2)cc1C. The molecule has 6 heteroatoms. The molecule has 0 saturated heterocycles. The Hall–Kier alpha value is -3.15. The number of nitrogens with one attached hydrogen (secondary N) is 1. The summed E-state index contributed by atoms with van der Waals surface area (Å²) >= 11 is 0. The average Bonchev–Trinajstić information content (AvgIpc) is 2.68. The molecule has 0 bridgehead atoms. The molecule has 28 heavy (non-hydrogen) atoms. The Bertz CT molecular complexity index is 849. The monoisotopic (exact) mass is 382 g/mol. The zero-order valence-electron chi connectivity index (χ0n) is 16.7. The number of ether oxygens (including phenoxy) is 1. The van der Waals surface area contributed by atoms with Gasteiger partial charge in [0.1, 0.15) is 6.54 Å². The zero-order chi connectivity index (χ0) is 20.7. The number of benzene rings is 2. The fraction of sp³-hybridized carbons (Fsp3) is 0.318. The van der Waals surface area contributed by atoms with Gasteiger partial charge in [-0.05, 0) is 49.6 Å². The van der Waals surface area contributed by atoms with Gasteiger partial charge in [0.15, 0.2) is 6.10 Å². The van der Waals surface area contributed by atoms with Gasteiger partial charge in [0.05, 0.1) is 0 Å². The summed E-state index contributed by atoms with van der Waals surface area (Å²) in [4.78, 5) is 38.0. The molecule has 1 N–H and O–H groups in total. The van der Waals surface area contributed by atoms with Crippen LogP contribution >= 0.6 is 0 Å². The van der Waals surface area contributed by atoms with Crippen LogP contribution in [-0.4, -0.2) is 42.4 Å². The first kappa shape index (κ1) is 21.2. The fourth-order valence-corrected chi connectivity index (χ4v) is 2.67. The number of carbonyl (C=O) groups is 3. The Balaban J connectivity index is 1.81. The minimum Gasteiger partial charge on any atom is -0.451 e. The van der Waals surface area contributed by atoms with Crippen molar-refractivity contribution in [3.8, 4) is 0 Å². The Morgan fingerprint density at radius 3 is 2.36 bits per heavy atom. The van der Waals surface area contributed by atoms with Gasteiger partial charge in [-0.1, -0.05) is 36.4 Å². The van der Waals surface area contributed by atoms with Crippen molar-refractivity contribution in [3.63, 3.8) is 0 Å². The first-order valence-electron chi connectivity index (χ1n) is 9.11. The van der Waals surface area contributed by atoms with Crippen LogP contribution in [0.25, 0.3) is 0 Å². The predicted octanol–water partition coefficient (Wildman–Crippen LogP) is 2.62. The van der Waals surface area contributed by atoms with E-state index in [9.17, 15) is 14.4 Å². The van der Waals surface area contributed by atoms with Gasteiger partial charge in [-0.3, -0.25) is 14.4 Å². The molecule has 0 aliphatic heterocycles. The van der Waals surface area contributed by atoms with Crippen molar-refractivity contribution in [2.24, 2.45) is 0 Å². The van der Waals surface area contributed by atoms with E-state index in [1.807, 2.05) is 50.2 Å². The van der Waals surface area contributed by atoms with E-state index in [1.165, 1.54) is 11.8 Å². The molecule has 2 rings (SSSR count). The van der Waals surface area contributed by atoms with Gasteiger partial charge in [0.25, 0.3) is 11.8 Å². The van der Waals surface area contributed by atoms with E-state index in [2.05, 4.69) is 5.32 Å². The molecule has 0 saturated carbocycles. The van der Waals surface area contributed by atoms with Crippen LogP contribution in [0.3, 0.4) is 0 Å². The minimum atomic E-state index is -0.931. The summed E-state index contributed by atoms with van der Waals surface area (Å²) in [7, 11) is 1.65. The average molecular weight is 382 g/mol. The quantitative estimate of drug-likeness (QED) is 0.747. The Morgan fingerprint density at radius 2 is 1.71 bits per heavy atom. The van der Waals surface area contributed by atoms with Gasteiger partial charge in [-0.2, -0.15) is 0 Å². The second kappa shape index (κ2) is 9.69. The lowest BCUT2D eigenvalue weighted by Crippen LogP contribution is -2.39. The predicted molar refractivity (Wildman–Crippen MR) is 107 cm³/mol. The molecule has 148 valence electrons. The number of esters is 1. The van der Waals surface area contributed by atoms with Crippen LogP contribution in [0.4, 0.5) is 0 Å². The van der Waals surface area contributed by atoms with Crippen molar-refractivity contribution >= 4 is 17.8 Å². The van der Waals surface area contributed by atoms with Gasteiger partial charge in [-0.25, -0.2) is 0 Å². The molecular weight excluding hydrogens is 356 g/mol. The molecule has 0 spiro atoms. The maximum atomic E-state index is 12.4. The number of amides is 2. The van der Waals surface area contributed by atoms with Crippen LogP contribution in [0.1, 0.15) is 34.0 Å². The second-order valence-corrected chi connectivity index (χ2v) is 6.79. The minimum absolute atomic E-state index is 0.300. The lowest BCUT2D eigenvalue weighted by Gasteiger charge is -2.21. The van der Waals surface area contributed by atoms with E-state index in [1.54, 1.807) is 19.2 Å². The van der Waals surface area contributed by atoms with E-state index >= 15 is 0 Å². The summed E-state index contributed by atoms with van der Waals surface area (Å²) in [5.74, 6) is -1.33. The Labute approximate surface area is 165 Å². The van der Waals surface area contributed by atoms with Gasteiger partial charge >= 0.3 is 5.97 Å². The molecule has 2 aromatic rings. The number of hydrogen-bond donors (Lipinski definition) is 1. The Kier molecular flexibility index (Phi) is 7.32. The number of rotatable bonds is 7. The smallest absolute Gasteiger partial charge is 0.326 e.